The third-order valence-electron chi connectivity index (χ3n) is 3.43. The van der Waals surface area contributed by atoms with Crippen LogP contribution in [0.5, 0.6) is 0 Å². The molecule has 0 aromatic carbocycles. The SMILES string of the molecule is CCCCC(N)(C(=O)O)C1CCCC1. The van der Waals surface area contributed by atoms with E-state index in [4.69, 9.17) is 5.73 Å². The van der Waals surface area contributed by atoms with Crippen LogP contribution in [0.1, 0.15) is 51.9 Å². The summed E-state index contributed by atoms with van der Waals surface area (Å²) in [6.07, 6.45) is 6.83. The van der Waals surface area contributed by atoms with E-state index >= 15 is 0 Å². The largest absolute Gasteiger partial charge is 0.480 e. The molecule has 3 N–H and O–H groups in total. The van der Waals surface area contributed by atoms with E-state index in [1.807, 2.05) is 0 Å². The zero-order chi connectivity index (χ0) is 10.6. The first-order chi connectivity index (χ1) is 6.61. The van der Waals surface area contributed by atoms with Crippen molar-refractivity contribution in [2.45, 2.75) is 57.4 Å². The number of rotatable bonds is 5. The molecule has 14 heavy (non-hydrogen) atoms. The summed E-state index contributed by atoms with van der Waals surface area (Å²) in [5.74, 6) is -0.607. The highest BCUT2D eigenvalue weighted by molar-refractivity contribution is 5.79. The summed E-state index contributed by atoms with van der Waals surface area (Å²) < 4.78 is 0. The van der Waals surface area contributed by atoms with Gasteiger partial charge in [-0.25, -0.2) is 0 Å². The number of carboxylic acids is 1. The Labute approximate surface area is 85.7 Å². The Kier molecular flexibility index (Phi) is 3.93. The van der Waals surface area contributed by atoms with E-state index in [0.717, 1.165) is 38.5 Å². The van der Waals surface area contributed by atoms with Gasteiger partial charge in [0, 0.05) is 0 Å². The van der Waals surface area contributed by atoms with Gasteiger partial charge >= 0.3 is 5.97 Å². The first-order valence-electron chi connectivity index (χ1n) is 5.63. The zero-order valence-corrected chi connectivity index (χ0v) is 8.96. The van der Waals surface area contributed by atoms with E-state index in [9.17, 15) is 9.90 Å². The fourth-order valence-corrected chi connectivity index (χ4v) is 2.40. The number of unbranched alkanes of at least 4 members (excludes halogenated alkanes) is 1. The molecule has 0 amide bonds. The average molecular weight is 199 g/mol. The topological polar surface area (TPSA) is 63.3 Å². The van der Waals surface area contributed by atoms with Gasteiger partial charge in [-0.1, -0.05) is 32.6 Å². The lowest BCUT2D eigenvalue weighted by Gasteiger charge is -2.31. The summed E-state index contributed by atoms with van der Waals surface area (Å²) in [5, 5.41) is 9.19. The fourth-order valence-electron chi connectivity index (χ4n) is 2.40. The summed E-state index contributed by atoms with van der Waals surface area (Å²) in [4.78, 5) is 11.2. The first-order valence-corrected chi connectivity index (χ1v) is 5.63. The number of hydrogen-bond acceptors (Lipinski definition) is 2. The van der Waals surface area contributed by atoms with Crippen molar-refractivity contribution in [1.82, 2.24) is 0 Å². The molecule has 0 bridgehead atoms. The minimum absolute atomic E-state index is 0.201. The fraction of sp³-hybridized carbons (Fsp3) is 0.909. The summed E-state index contributed by atoms with van der Waals surface area (Å²) in [6.45, 7) is 2.07. The minimum Gasteiger partial charge on any atom is -0.480 e. The van der Waals surface area contributed by atoms with E-state index in [2.05, 4.69) is 6.92 Å². The molecule has 1 atom stereocenters. The van der Waals surface area contributed by atoms with Crippen LogP contribution in [0.15, 0.2) is 0 Å². The van der Waals surface area contributed by atoms with Crippen molar-refractivity contribution in [2.75, 3.05) is 0 Å². The molecule has 1 rings (SSSR count). The monoisotopic (exact) mass is 199 g/mol. The van der Waals surface area contributed by atoms with Crippen molar-refractivity contribution in [1.29, 1.82) is 0 Å². The van der Waals surface area contributed by atoms with E-state index in [1.165, 1.54) is 0 Å². The molecule has 1 saturated carbocycles. The standard InChI is InChI=1S/C11H21NO2/c1-2-3-8-11(12,10(13)14)9-6-4-5-7-9/h9H,2-8,12H2,1H3,(H,13,14). The Bertz CT molecular complexity index is 199. The van der Waals surface area contributed by atoms with Gasteiger partial charge < -0.3 is 10.8 Å². The highest BCUT2D eigenvalue weighted by atomic mass is 16.4. The smallest absolute Gasteiger partial charge is 0.323 e. The lowest BCUT2D eigenvalue weighted by Crippen LogP contribution is -2.53. The normalized spacial score (nSPS) is 22.1. The number of nitrogens with two attached hydrogens (primary N) is 1. The third-order valence-corrected chi connectivity index (χ3v) is 3.43. The maximum atomic E-state index is 11.2. The number of carboxylic acid groups (broad SMARTS) is 1. The molecule has 1 unspecified atom stereocenters. The molecule has 1 fully saturated rings. The molecular weight excluding hydrogens is 178 g/mol. The summed E-state index contributed by atoms with van der Waals surface area (Å²) in [5.41, 5.74) is 5.08. The van der Waals surface area contributed by atoms with Crippen LogP contribution < -0.4 is 5.73 Å². The predicted molar refractivity (Wildman–Crippen MR) is 56.0 cm³/mol. The third kappa shape index (κ3) is 2.27. The maximum Gasteiger partial charge on any atom is 0.323 e. The summed E-state index contributed by atoms with van der Waals surface area (Å²) >= 11 is 0. The molecule has 0 aromatic rings. The minimum atomic E-state index is -0.952. The number of aliphatic carboxylic acids is 1. The van der Waals surface area contributed by atoms with Crippen LogP contribution in [0.4, 0.5) is 0 Å². The zero-order valence-electron chi connectivity index (χ0n) is 8.96. The van der Waals surface area contributed by atoms with Crippen molar-refractivity contribution in [3.05, 3.63) is 0 Å². The van der Waals surface area contributed by atoms with Crippen molar-refractivity contribution >= 4 is 5.97 Å². The van der Waals surface area contributed by atoms with Crippen LogP contribution in [-0.4, -0.2) is 16.6 Å². The van der Waals surface area contributed by atoms with Gasteiger partial charge in [0.2, 0.25) is 0 Å². The second-order valence-corrected chi connectivity index (χ2v) is 4.43. The Hall–Kier alpha value is -0.570. The lowest BCUT2D eigenvalue weighted by molar-refractivity contribution is -0.146. The van der Waals surface area contributed by atoms with E-state index in [1.54, 1.807) is 0 Å². The van der Waals surface area contributed by atoms with Crippen molar-refractivity contribution < 1.29 is 9.90 Å². The molecule has 0 aromatic heterocycles. The van der Waals surface area contributed by atoms with Crippen LogP contribution in [0.25, 0.3) is 0 Å². The van der Waals surface area contributed by atoms with Gasteiger partial charge in [0.25, 0.3) is 0 Å². The lowest BCUT2D eigenvalue weighted by atomic mass is 9.79. The van der Waals surface area contributed by atoms with E-state index in [-0.39, 0.29) is 5.92 Å². The maximum absolute atomic E-state index is 11.2. The van der Waals surface area contributed by atoms with Crippen LogP contribution >= 0.6 is 0 Å². The average Bonchev–Trinajstić information content (AvgIpc) is 2.66. The Morgan fingerprint density at radius 3 is 2.50 bits per heavy atom. The van der Waals surface area contributed by atoms with Crippen LogP contribution in [0.2, 0.25) is 0 Å². The van der Waals surface area contributed by atoms with Crippen LogP contribution in [-0.2, 0) is 4.79 Å². The van der Waals surface area contributed by atoms with Gasteiger partial charge in [0.15, 0.2) is 0 Å². The van der Waals surface area contributed by atoms with Gasteiger partial charge in [-0.15, -0.1) is 0 Å². The molecule has 3 nitrogen and oxygen atoms in total. The van der Waals surface area contributed by atoms with Crippen molar-refractivity contribution in [2.24, 2.45) is 11.7 Å². The molecule has 82 valence electrons. The van der Waals surface area contributed by atoms with Gasteiger partial charge in [0.1, 0.15) is 5.54 Å². The van der Waals surface area contributed by atoms with Gasteiger partial charge in [-0.05, 0) is 25.2 Å². The molecule has 0 radical (unpaired) electrons. The molecule has 0 spiro atoms. The first kappa shape index (κ1) is 11.5. The van der Waals surface area contributed by atoms with Gasteiger partial charge in [-0.2, -0.15) is 0 Å². The highest BCUT2D eigenvalue weighted by Crippen LogP contribution is 2.35. The quantitative estimate of drug-likeness (QED) is 0.713. The predicted octanol–water partition coefficient (Wildman–Crippen LogP) is 2.15. The Balaban J connectivity index is 2.64. The van der Waals surface area contributed by atoms with Crippen molar-refractivity contribution in [3.63, 3.8) is 0 Å². The highest BCUT2D eigenvalue weighted by Gasteiger charge is 2.42. The van der Waals surface area contributed by atoms with Gasteiger partial charge in [0.05, 0.1) is 0 Å². The second kappa shape index (κ2) is 4.78. The number of carbonyl (C=O) groups is 1. The summed E-state index contributed by atoms with van der Waals surface area (Å²) in [6, 6.07) is 0. The molecule has 0 aliphatic heterocycles. The molecular formula is C11H21NO2. The number of hydrogen-bond donors (Lipinski definition) is 2. The Morgan fingerprint density at radius 2 is 2.07 bits per heavy atom. The molecule has 1 aliphatic carbocycles. The molecule has 0 heterocycles. The van der Waals surface area contributed by atoms with E-state index < -0.39 is 11.5 Å². The molecule has 3 heteroatoms. The van der Waals surface area contributed by atoms with Crippen molar-refractivity contribution in [3.8, 4) is 0 Å². The summed E-state index contributed by atoms with van der Waals surface area (Å²) in [7, 11) is 0. The van der Waals surface area contributed by atoms with E-state index in [0.29, 0.717) is 6.42 Å². The molecule has 1 aliphatic rings. The van der Waals surface area contributed by atoms with Crippen LogP contribution in [0.3, 0.4) is 0 Å². The second-order valence-electron chi connectivity index (χ2n) is 4.43. The van der Waals surface area contributed by atoms with Gasteiger partial charge in [-0.3, -0.25) is 4.79 Å². The van der Waals surface area contributed by atoms with Crippen LogP contribution in [0, 0.1) is 5.92 Å². The molecule has 0 saturated heterocycles. The Morgan fingerprint density at radius 1 is 1.50 bits per heavy atom.